The highest BCUT2D eigenvalue weighted by Crippen LogP contribution is 2.30. The van der Waals surface area contributed by atoms with Crippen LogP contribution in [0.4, 0.5) is 5.82 Å². The van der Waals surface area contributed by atoms with Crippen molar-refractivity contribution in [3.63, 3.8) is 0 Å². The van der Waals surface area contributed by atoms with Crippen molar-refractivity contribution in [3.8, 4) is 0 Å². The minimum absolute atomic E-state index is 0.0593. The summed E-state index contributed by atoms with van der Waals surface area (Å²) in [6, 6.07) is 1.35. The van der Waals surface area contributed by atoms with Crippen molar-refractivity contribution >= 4 is 49.5 Å². The van der Waals surface area contributed by atoms with E-state index < -0.39 is 0 Å². The van der Waals surface area contributed by atoms with Crippen LogP contribution >= 0.6 is 27.3 Å². The number of nitrogens with two attached hydrogens (primary N) is 1. The normalized spacial score (nSPS) is 20.1. The van der Waals surface area contributed by atoms with Crippen molar-refractivity contribution in [1.82, 2.24) is 25.2 Å². The van der Waals surface area contributed by atoms with Gasteiger partial charge in [-0.15, -0.1) is 0 Å². The number of nitrogens with one attached hydrogen (secondary N) is 2. The molecule has 28 heavy (non-hydrogen) atoms. The van der Waals surface area contributed by atoms with Crippen LogP contribution in [0, 0.1) is 0 Å². The zero-order valence-electron chi connectivity index (χ0n) is 15.0. The topological polar surface area (TPSA) is 118 Å². The molecule has 2 aliphatic rings. The third-order valence-electron chi connectivity index (χ3n) is 4.56. The molecule has 2 aromatic heterocycles. The number of carbonyl (C=O) groups is 1. The van der Waals surface area contributed by atoms with Gasteiger partial charge < -0.3 is 21.3 Å². The van der Waals surface area contributed by atoms with Crippen LogP contribution in [-0.2, 0) is 4.79 Å². The molecule has 0 bridgehead atoms. The molecule has 4 N–H and O–H groups in total. The number of halogens is 1. The Bertz CT molecular complexity index is 1020. The molecular formula is C17H20BrN7O2S. The second-order valence-corrected chi connectivity index (χ2v) is 8.56. The fraction of sp³-hybridized carbons (Fsp3) is 0.412. The van der Waals surface area contributed by atoms with Gasteiger partial charge in [0.1, 0.15) is 10.8 Å². The number of amides is 1. The molecule has 2 aromatic rings. The Morgan fingerprint density at radius 2 is 2.21 bits per heavy atom. The molecule has 1 saturated heterocycles. The van der Waals surface area contributed by atoms with Gasteiger partial charge in [0.2, 0.25) is 10.9 Å². The van der Waals surface area contributed by atoms with Crippen LogP contribution in [0.1, 0.15) is 11.4 Å². The van der Waals surface area contributed by atoms with Crippen LogP contribution in [0.25, 0.3) is 10.5 Å². The van der Waals surface area contributed by atoms with E-state index in [4.69, 9.17) is 5.73 Å². The number of allylic oxidation sites excluding steroid dienone is 2. The Morgan fingerprint density at radius 1 is 1.43 bits per heavy atom. The van der Waals surface area contributed by atoms with Crippen LogP contribution in [0.5, 0.6) is 0 Å². The van der Waals surface area contributed by atoms with Gasteiger partial charge in [-0.05, 0) is 10.6 Å². The van der Waals surface area contributed by atoms with Crippen molar-refractivity contribution < 1.29 is 4.79 Å². The highest BCUT2D eigenvalue weighted by Gasteiger charge is 2.20. The molecule has 3 heterocycles. The first-order chi connectivity index (χ1) is 13.5. The number of hydrogen-bond donors (Lipinski definition) is 3. The lowest BCUT2D eigenvalue weighted by Gasteiger charge is -2.27. The number of anilines is 1. The van der Waals surface area contributed by atoms with Crippen LogP contribution in [0.15, 0.2) is 27.5 Å². The molecular weight excluding hydrogens is 446 g/mol. The molecule has 1 unspecified atom stereocenters. The van der Waals surface area contributed by atoms with Gasteiger partial charge in [0.05, 0.1) is 12.6 Å². The molecule has 1 amide bonds. The van der Waals surface area contributed by atoms with Crippen LogP contribution in [0.3, 0.4) is 0 Å². The predicted molar refractivity (Wildman–Crippen MR) is 113 cm³/mol. The SMILES string of the molecule is NCC(=O)NC1C=C(c2nn3c(=O)cc(N4CCNCC4)nc3s2)C=C(Br)C1. The Morgan fingerprint density at radius 3 is 2.96 bits per heavy atom. The van der Waals surface area contributed by atoms with Crippen LogP contribution < -0.4 is 26.8 Å². The number of rotatable bonds is 4. The van der Waals surface area contributed by atoms with Gasteiger partial charge in [0.15, 0.2) is 0 Å². The molecule has 1 fully saturated rings. The molecule has 11 heteroatoms. The zero-order chi connectivity index (χ0) is 19.7. The van der Waals surface area contributed by atoms with E-state index in [1.165, 1.54) is 21.9 Å². The monoisotopic (exact) mass is 465 g/mol. The summed E-state index contributed by atoms with van der Waals surface area (Å²) in [5.74, 6) is 0.467. The lowest BCUT2D eigenvalue weighted by Crippen LogP contribution is -2.44. The molecule has 0 aromatic carbocycles. The third-order valence-corrected chi connectivity index (χ3v) is 6.07. The maximum absolute atomic E-state index is 12.6. The summed E-state index contributed by atoms with van der Waals surface area (Å²) in [5, 5.41) is 11.3. The van der Waals surface area contributed by atoms with E-state index in [1.807, 2.05) is 12.2 Å². The standard InChI is InChI=1S/C17H20BrN7O2S/c18-11-5-10(6-12(7-11)21-14(26)9-19)16-23-25-15(27)8-13(22-17(25)28-16)24-3-1-20-2-4-24/h5-6,8,12,20H,1-4,7,9,19H2,(H,21,26). The summed E-state index contributed by atoms with van der Waals surface area (Å²) in [4.78, 5) is 31.5. The summed E-state index contributed by atoms with van der Waals surface area (Å²) in [5.41, 5.74) is 6.02. The largest absolute Gasteiger partial charge is 0.354 e. The first-order valence-corrected chi connectivity index (χ1v) is 10.6. The number of piperazine rings is 1. The molecule has 1 aliphatic carbocycles. The van der Waals surface area contributed by atoms with E-state index in [9.17, 15) is 9.59 Å². The Hall–Kier alpha value is -2.08. The van der Waals surface area contributed by atoms with E-state index in [0.29, 0.717) is 22.2 Å². The lowest BCUT2D eigenvalue weighted by molar-refractivity contribution is -0.120. The van der Waals surface area contributed by atoms with Gasteiger partial charge in [-0.3, -0.25) is 9.59 Å². The van der Waals surface area contributed by atoms with Gasteiger partial charge in [-0.2, -0.15) is 9.61 Å². The minimum atomic E-state index is -0.217. The van der Waals surface area contributed by atoms with Gasteiger partial charge in [0.25, 0.3) is 5.56 Å². The first-order valence-electron chi connectivity index (χ1n) is 8.98. The molecule has 1 aliphatic heterocycles. The van der Waals surface area contributed by atoms with Crippen molar-refractivity contribution in [3.05, 3.63) is 38.1 Å². The maximum atomic E-state index is 12.6. The van der Waals surface area contributed by atoms with Crippen molar-refractivity contribution in [2.75, 3.05) is 37.6 Å². The number of nitrogens with zero attached hydrogens (tertiary/aromatic N) is 4. The summed E-state index contributed by atoms with van der Waals surface area (Å²) in [6.45, 7) is 3.32. The van der Waals surface area contributed by atoms with Crippen LogP contribution in [-0.4, -0.2) is 59.3 Å². The second-order valence-electron chi connectivity index (χ2n) is 6.59. The van der Waals surface area contributed by atoms with Gasteiger partial charge in [-0.1, -0.05) is 33.3 Å². The number of fused-ring (bicyclic) bond motifs is 1. The fourth-order valence-corrected chi connectivity index (χ4v) is 4.72. The van der Waals surface area contributed by atoms with E-state index in [0.717, 1.165) is 36.2 Å². The molecule has 4 rings (SSSR count). The van der Waals surface area contributed by atoms with Crippen molar-refractivity contribution in [1.29, 1.82) is 0 Å². The van der Waals surface area contributed by atoms with Crippen molar-refractivity contribution in [2.45, 2.75) is 12.5 Å². The average Bonchev–Trinajstić information content (AvgIpc) is 3.13. The Balaban J connectivity index is 1.67. The predicted octanol–water partition coefficient (Wildman–Crippen LogP) is 0.0700. The zero-order valence-corrected chi connectivity index (χ0v) is 17.4. The average molecular weight is 466 g/mol. The number of carbonyl (C=O) groups excluding carboxylic acids is 1. The second kappa shape index (κ2) is 8.11. The first kappa shape index (κ1) is 19.2. The van der Waals surface area contributed by atoms with E-state index >= 15 is 0 Å². The molecule has 9 nitrogen and oxygen atoms in total. The van der Waals surface area contributed by atoms with E-state index in [2.05, 4.69) is 41.5 Å². The Kier molecular flexibility index (Phi) is 5.58. The highest BCUT2D eigenvalue weighted by molar-refractivity contribution is 9.11. The Labute approximate surface area is 173 Å². The number of aromatic nitrogens is 3. The molecule has 148 valence electrons. The lowest BCUT2D eigenvalue weighted by atomic mass is 10.0. The quantitative estimate of drug-likeness (QED) is 0.584. The molecule has 0 radical (unpaired) electrons. The number of hydrogen-bond acceptors (Lipinski definition) is 8. The van der Waals surface area contributed by atoms with E-state index in [-0.39, 0.29) is 24.1 Å². The summed E-state index contributed by atoms with van der Waals surface area (Å²) < 4.78 is 2.27. The van der Waals surface area contributed by atoms with Gasteiger partial charge in [-0.25, -0.2) is 4.98 Å². The maximum Gasteiger partial charge on any atom is 0.277 e. The van der Waals surface area contributed by atoms with Crippen molar-refractivity contribution in [2.24, 2.45) is 5.73 Å². The molecule has 0 saturated carbocycles. The smallest absolute Gasteiger partial charge is 0.277 e. The summed E-state index contributed by atoms with van der Waals surface area (Å²) >= 11 is 4.87. The molecule has 0 spiro atoms. The van der Waals surface area contributed by atoms with Gasteiger partial charge in [0, 0.05) is 44.2 Å². The summed E-state index contributed by atoms with van der Waals surface area (Å²) in [6.07, 6.45) is 4.52. The highest BCUT2D eigenvalue weighted by atomic mass is 79.9. The fourth-order valence-electron chi connectivity index (χ4n) is 3.22. The van der Waals surface area contributed by atoms with E-state index in [1.54, 1.807) is 0 Å². The van der Waals surface area contributed by atoms with Gasteiger partial charge >= 0.3 is 0 Å². The van der Waals surface area contributed by atoms with Crippen LogP contribution in [0.2, 0.25) is 0 Å². The minimum Gasteiger partial charge on any atom is -0.354 e. The molecule has 1 atom stereocenters. The third kappa shape index (κ3) is 4.02. The summed E-state index contributed by atoms with van der Waals surface area (Å²) in [7, 11) is 0.